The van der Waals surface area contributed by atoms with Gasteiger partial charge in [-0.3, -0.25) is 0 Å². The third kappa shape index (κ3) is 2.30. The molecule has 1 unspecified atom stereocenters. The van der Waals surface area contributed by atoms with Gasteiger partial charge >= 0.3 is 0 Å². The fourth-order valence-corrected chi connectivity index (χ4v) is 1.07. The molecule has 0 spiro atoms. The highest BCUT2D eigenvalue weighted by molar-refractivity contribution is 4.98. The van der Waals surface area contributed by atoms with Crippen LogP contribution in [0.4, 0.5) is 0 Å². The SMILES string of the molecule is CCOC(C)(C)c1noc(C(C)O)n1. The Kier molecular flexibility index (Phi) is 3.23. The zero-order chi connectivity index (χ0) is 10.8. The lowest BCUT2D eigenvalue weighted by Gasteiger charge is -2.19. The summed E-state index contributed by atoms with van der Waals surface area (Å²) in [6.07, 6.45) is -0.742. The van der Waals surface area contributed by atoms with Gasteiger partial charge in [0, 0.05) is 6.61 Å². The highest BCUT2D eigenvalue weighted by atomic mass is 16.5. The molecule has 1 heterocycles. The molecule has 0 bridgehead atoms. The first kappa shape index (κ1) is 11.1. The summed E-state index contributed by atoms with van der Waals surface area (Å²) in [6.45, 7) is 7.76. The van der Waals surface area contributed by atoms with Crippen molar-refractivity contribution in [2.75, 3.05) is 6.61 Å². The second-order valence-electron chi connectivity index (χ2n) is 3.58. The molecule has 0 aliphatic carbocycles. The Morgan fingerprint density at radius 3 is 2.64 bits per heavy atom. The molecule has 0 amide bonds. The van der Waals surface area contributed by atoms with Gasteiger partial charge in [-0.2, -0.15) is 4.98 Å². The van der Waals surface area contributed by atoms with Crippen molar-refractivity contribution in [2.45, 2.75) is 39.4 Å². The molecule has 0 aliphatic heterocycles. The standard InChI is InChI=1S/C9H16N2O3/c1-5-13-9(3,4)8-10-7(6(2)12)14-11-8/h6,12H,5H2,1-4H3. The average Bonchev–Trinajstić information content (AvgIpc) is 2.51. The van der Waals surface area contributed by atoms with Crippen LogP contribution < -0.4 is 0 Å². The normalized spacial score (nSPS) is 14.4. The molecule has 0 aromatic carbocycles. The molecule has 80 valence electrons. The topological polar surface area (TPSA) is 68.4 Å². The van der Waals surface area contributed by atoms with Crippen LogP contribution in [-0.4, -0.2) is 21.9 Å². The van der Waals surface area contributed by atoms with E-state index < -0.39 is 11.7 Å². The van der Waals surface area contributed by atoms with Crippen molar-refractivity contribution in [3.05, 3.63) is 11.7 Å². The van der Waals surface area contributed by atoms with Gasteiger partial charge in [-0.1, -0.05) is 5.16 Å². The number of rotatable bonds is 4. The molecule has 0 aliphatic rings. The Labute approximate surface area is 83.1 Å². The van der Waals surface area contributed by atoms with Crippen molar-refractivity contribution in [1.29, 1.82) is 0 Å². The maximum absolute atomic E-state index is 9.20. The molecule has 14 heavy (non-hydrogen) atoms. The zero-order valence-corrected chi connectivity index (χ0v) is 8.94. The second kappa shape index (κ2) is 4.06. The highest BCUT2D eigenvalue weighted by Gasteiger charge is 2.27. The van der Waals surface area contributed by atoms with Crippen LogP contribution in [0.2, 0.25) is 0 Å². The monoisotopic (exact) mass is 200 g/mol. The lowest BCUT2D eigenvalue weighted by atomic mass is 10.1. The second-order valence-corrected chi connectivity index (χ2v) is 3.58. The minimum Gasteiger partial charge on any atom is -0.384 e. The van der Waals surface area contributed by atoms with Crippen LogP contribution in [0, 0.1) is 0 Å². The molecule has 1 N–H and O–H groups in total. The van der Waals surface area contributed by atoms with E-state index in [0.717, 1.165) is 0 Å². The molecular weight excluding hydrogens is 184 g/mol. The van der Waals surface area contributed by atoms with Crippen LogP contribution >= 0.6 is 0 Å². The summed E-state index contributed by atoms with van der Waals surface area (Å²) in [6, 6.07) is 0. The van der Waals surface area contributed by atoms with Crippen LogP contribution in [-0.2, 0) is 10.3 Å². The quantitative estimate of drug-likeness (QED) is 0.795. The largest absolute Gasteiger partial charge is 0.384 e. The number of aliphatic hydroxyl groups is 1. The number of aliphatic hydroxyl groups excluding tert-OH is 1. The summed E-state index contributed by atoms with van der Waals surface area (Å²) in [5.41, 5.74) is -0.578. The fourth-order valence-electron chi connectivity index (χ4n) is 1.07. The van der Waals surface area contributed by atoms with E-state index in [9.17, 15) is 5.11 Å². The maximum Gasteiger partial charge on any atom is 0.255 e. The number of ether oxygens (including phenoxy) is 1. The summed E-state index contributed by atoms with van der Waals surface area (Å²) in [4.78, 5) is 4.05. The summed E-state index contributed by atoms with van der Waals surface area (Å²) < 4.78 is 10.3. The van der Waals surface area contributed by atoms with Crippen LogP contribution in [0.15, 0.2) is 4.52 Å². The fraction of sp³-hybridized carbons (Fsp3) is 0.778. The van der Waals surface area contributed by atoms with Crippen molar-refractivity contribution in [2.24, 2.45) is 0 Å². The van der Waals surface area contributed by atoms with Crippen molar-refractivity contribution in [1.82, 2.24) is 10.1 Å². The van der Waals surface area contributed by atoms with Gasteiger partial charge in [-0.25, -0.2) is 0 Å². The predicted octanol–water partition coefficient (Wildman–Crippen LogP) is 1.39. The zero-order valence-electron chi connectivity index (χ0n) is 8.94. The van der Waals surface area contributed by atoms with Crippen molar-refractivity contribution in [3.8, 4) is 0 Å². The molecule has 1 aromatic heterocycles. The molecule has 0 saturated carbocycles. The van der Waals surface area contributed by atoms with Crippen LogP contribution in [0.3, 0.4) is 0 Å². The van der Waals surface area contributed by atoms with Gasteiger partial charge in [0.1, 0.15) is 11.7 Å². The highest BCUT2D eigenvalue weighted by Crippen LogP contribution is 2.22. The Morgan fingerprint density at radius 2 is 2.21 bits per heavy atom. The van der Waals surface area contributed by atoms with Crippen molar-refractivity contribution >= 4 is 0 Å². The van der Waals surface area contributed by atoms with E-state index in [1.54, 1.807) is 6.92 Å². The first-order valence-electron chi connectivity index (χ1n) is 4.63. The molecule has 0 radical (unpaired) electrons. The number of hydrogen-bond donors (Lipinski definition) is 1. The van der Waals surface area contributed by atoms with Gasteiger partial charge in [0.05, 0.1) is 0 Å². The van der Waals surface area contributed by atoms with Gasteiger partial charge in [0.25, 0.3) is 5.89 Å². The Hall–Kier alpha value is -0.940. The van der Waals surface area contributed by atoms with Gasteiger partial charge in [0.15, 0.2) is 0 Å². The van der Waals surface area contributed by atoms with Gasteiger partial charge in [0.2, 0.25) is 5.82 Å². The Bertz CT molecular complexity index is 294. The van der Waals surface area contributed by atoms with E-state index in [2.05, 4.69) is 10.1 Å². The average molecular weight is 200 g/mol. The molecule has 1 rings (SSSR count). The maximum atomic E-state index is 9.20. The Morgan fingerprint density at radius 1 is 1.57 bits per heavy atom. The van der Waals surface area contributed by atoms with Crippen LogP contribution in [0.1, 0.15) is 45.5 Å². The van der Waals surface area contributed by atoms with E-state index in [4.69, 9.17) is 9.26 Å². The minimum atomic E-state index is -0.742. The summed E-state index contributed by atoms with van der Waals surface area (Å²) in [5.74, 6) is 0.669. The lowest BCUT2D eigenvalue weighted by Crippen LogP contribution is -2.23. The summed E-state index contributed by atoms with van der Waals surface area (Å²) in [5, 5.41) is 13.0. The van der Waals surface area contributed by atoms with Gasteiger partial charge < -0.3 is 14.4 Å². The van der Waals surface area contributed by atoms with E-state index >= 15 is 0 Å². The van der Waals surface area contributed by atoms with Crippen molar-refractivity contribution in [3.63, 3.8) is 0 Å². The molecule has 5 nitrogen and oxygen atoms in total. The number of hydrogen-bond acceptors (Lipinski definition) is 5. The van der Waals surface area contributed by atoms with E-state index in [-0.39, 0.29) is 5.89 Å². The van der Waals surface area contributed by atoms with E-state index in [1.807, 2.05) is 20.8 Å². The minimum absolute atomic E-state index is 0.216. The predicted molar refractivity (Wildman–Crippen MR) is 49.6 cm³/mol. The number of aromatic nitrogens is 2. The molecule has 5 heteroatoms. The third-order valence-corrected chi connectivity index (χ3v) is 1.84. The third-order valence-electron chi connectivity index (χ3n) is 1.84. The summed E-state index contributed by atoms with van der Waals surface area (Å²) in [7, 11) is 0. The van der Waals surface area contributed by atoms with Crippen LogP contribution in [0.25, 0.3) is 0 Å². The number of nitrogens with zero attached hydrogens (tertiary/aromatic N) is 2. The first-order chi connectivity index (χ1) is 6.47. The van der Waals surface area contributed by atoms with E-state index in [1.165, 1.54) is 0 Å². The lowest BCUT2D eigenvalue weighted by molar-refractivity contribution is -0.0221. The molecule has 1 aromatic rings. The van der Waals surface area contributed by atoms with Gasteiger partial charge in [-0.15, -0.1) is 0 Å². The summed E-state index contributed by atoms with van der Waals surface area (Å²) >= 11 is 0. The van der Waals surface area contributed by atoms with Gasteiger partial charge in [-0.05, 0) is 27.7 Å². The Balaban J connectivity index is 2.85. The molecule has 0 saturated heterocycles. The first-order valence-corrected chi connectivity index (χ1v) is 4.63. The molecule has 1 atom stereocenters. The van der Waals surface area contributed by atoms with Crippen LogP contribution in [0.5, 0.6) is 0 Å². The smallest absolute Gasteiger partial charge is 0.255 e. The van der Waals surface area contributed by atoms with Crippen molar-refractivity contribution < 1.29 is 14.4 Å². The van der Waals surface area contributed by atoms with E-state index in [0.29, 0.717) is 12.4 Å². The molecular formula is C9H16N2O3. The molecule has 0 fully saturated rings.